The molecule has 3 N–H and O–H groups in total. The molecule has 1 aliphatic heterocycles. The minimum atomic E-state index is -4.08. The third kappa shape index (κ3) is 2.85. The smallest absolute Gasteiger partial charge is 0.245 e. The first-order valence-electron chi connectivity index (χ1n) is 6.04. The van der Waals surface area contributed by atoms with Crippen LogP contribution in [0, 0.1) is 0 Å². The van der Waals surface area contributed by atoms with Crippen LogP contribution in [-0.2, 0) is 19.6 Å². The molecule has 1 aromatic heterocycles. The zero-order valence-corrected chi connectivity index (χ0v) is 12.6. The molecular weight excluding hydrogens is 320 g/mol. The van der Waals surface area contributed by atoms with E-state index in [-0.39, 0.29) is 22.2 Å². The lowest BCUT2D eigenvalue weighted by Gasteiger charge is -2.32. The van der Waals surface area contributed by atoms with Gasteiger partial charge in [-0.05, 0) is 12.5 Å². The number of carbonyl (C=O) groups excluding carboxylic acids is 2. The Kier molecular flexibility index (Phi) is 4.17. The molecular formula is C11H13ClN4O4S. The van der Waals surface area contributed by atoms with Crippen molar-refractivity contribution in [1.82, 2.24) is 14.6 Å². The molecule has 0 spiro atoms. The Morgan fingerprint density at radius 1 is 1.52 bits per heavy atom. The van der Waals surface area contributed by atoms with Gasteiger partial charge in [0.1, 0.15) is 16.8 Å². The van der Waals surface area contributed by atoms with Gasteiger partial charge in [-0.1, -0.05) is 18.5 Å². The summed E-state index contributed by atoms with van der Waals surface area (Å²) in [6.07, 6.45) is 1.27. The second-order valence-electron chi connectivity index (χ2n) is 4.42. The predicted octanol–water partition coefficient (Wildman–Crippen LogP) is -0.257. The molecule has 2 amide bonds. The monoisotopic (exact) mass is 332 g/mol. The zero-order chi connectivity index (χ0) is 15.8. The molecule has 1 fully saturated rings. The predicted molar refractivity (Wildman–Crippen MR) is 74.8 cm³/mol. The molecule has 1 aromatic rings. The number of nitrogen functional groups attached to an aromatic ring is 1. The van der Waals surface area contributed by atoms with Gasteiger partial charge in [0.25, 0.3) is 0 Å². The highest BCUT2D eigenvalue weighted by Gasteiger charge is 2.40. The minimum absolute atomic E-state index is 0.00452. The molecule has 1 aliphatic rings. The molecule has 0 bridgehead atoms. The van der Waals surface area contributed by atoms with Gasteiger partial charge in [0.2, 0.25) is 21.8 Å². The highest BCUT2D eigenvalue weighted by atomic mass is 35.5. The van der Waals surface area contributed by atoms with Gasteiger partial charge in [0.05, 0.1) is 11.6 Å². The average molecular weight is 333 g/mol. The summed E-state index contributed by atoms with van der Waals surface area (Å²) in [6.45, 7) is 1.21. The van der Waals surface area contributed by atoms with E-state index in [1.165, 1.54) is 0 Å². The quantitative estimate of drug-likeness (QED) is 0.735. The van der Waals surface area contributed by atoms with E-state index in [1.54, 1.807) is 6.92 Å². The van der Waals surface area contributed by atoms with Crippen LogP contribution in [0.5, 0.6) is 0 Å². The normalized spacial score (nSPS) is 20.4. The zero-order valence-electron chi connectivity index (χ0n) is 11.0. The summed E-state index contributed by atoms with van der Waals surface area (Å²) < 4.78 is 26.0. The number of imide groups is 1. The van der Waals surface area contributed by atoms with Crippen molar-refractivity contribution in [3.8, 4) is 0 Å². The molecule has 0 saturated carbocycles. The molecule has 21 heavy (non-hydrogen) atoms. The molecule has 1 atom stereocenters. The van der Waals surface area contributed by atoms with E-state index in [0.717, 1.165) is 16.6 Å². The van der Waals surface area contributed by atoms with Crippen LogP contribution in [0.2, 0.25) is 5.02 Å². The second kappa shape index (κ2) is 5.58. The molecule has 0 aromatic carbocycles. The number of rotatable bonds is 3. The average Bonchev–Trinajstić information content (AvgIpc) is 2.41. The van der Waals surface area contributed by atoms with E-state index in [0.29, 0.717) is 0 Å². The molecule has 114 valence electrons. The van der Waals surface area contributed by atoms with E-state index in [9.17, 15) is 18.0 Å². The first kappa shape index (κ1) is 15.7. The van der Waals surface area contributed by atoms with Gasteiger partial charge in [-0.25, -0.2) is 13.4 Å². The largest absolute Gasteiger partial charge is 0.382 e. The van der Waals surface area contributed by atoms with Crippen LogP contribution in [0.1, 0.15) is 13.3 Å². The maximum Gasteiger partial charge on any atom is 0.245 e. The number of sulfonamides is 1. The van der Waals surface area contributed by atoms with Crippen molar-refractivity contribution in [2.45, 2.75) is 24.3 Å². The van der Waals surface area contributed by atoms with Crippen LogP contribution in [0.3, 0.4) is 0 Å². The van der Waals surface area contributed by atoms with Crippen molar-refractivity contribution >= 4 is 39.3 Å². The van der Waals surface area contributed by atoms with Crippen LogP contribution >= 0.6 is 11.6 Å². The summed E-state index contributed by atoms with van der Waals surface area (Å²) in [5.74, 6) is -1.33. The Hall–Kier alpha value is -1.71. The van der Waals surface area contributed by atoms with Gasteiger partial charge < -0.3 is 5.73 Å². The molecule has 0 radical (unpaired) electrons. The van der Waals surface area contributed by atoms with Crippen molar-refractivity contribution in [2.75, 3.05) is 12.3 Å². The summed E-state index contributed by atoms with van der Waals surface area (Å²) >= 11 is 5.77. The lowest BCUT2D eigenvalue weighted by molar-refractivity contribution is -0.137. The van der Waals surface area contributed by atoms with Crippen molar-refractivity contribution in [2.24, 2.45) is 0 Å². The van der Waals surface area contributed by atoms with Gasteiger partial charge in [0.15, 0.2) is 0 Å². The van der Waals surface area contributed by atoms with Gasteiger partial charge >= 0.3 is 0 Å². The Balaban J connectivity index is 2.47. The fourth-order valence-electron chi connectivity index (χ4n) is 1.99. The first-order chi connectivity index (χ1) is 9.77. The Bertz CT molecular complexity index is 706. The number of piperazine rings is 1. The Morgan fingerprint density at radius 3 is 2.76 bits per heavy atom. The summed E-state index contributed by atoms with van der Waals surface area (Å²) in [4.78, 5) is 26.7. The minimum Gasteiger partial charge on any atom is -0.382 e. The maximum atomic E-state index is 12.6. The lowest BCUT2D eigenvalue weighted by Crippen LogP contribution is -2.59. The number of nitrogens with one attached hydrogen (secondary N) is 1. The number of hydrogen-bond donors (Lipinski definition) is 2. The van der Waals surface area contributed by atoms with E-state index < -0.39 is 34.4 Å². The van der Waals surface area contributed by atoms with E-state index >= 15 is 0 Å². The summed E-state index contributed by atoms with van der Waals surface area (Å²) in [6, 6.07) is 0.187. The number of nitrogens with two attached hydrogens (primary N) is 1. The number of hydrogen-bond acceptors (Lipinski definition) is 6. The van der Waals surface area contributed by atoms with Gasteiger partial charge in [0, 0.05) is 6.20 Å². The molecule has 8 nitrogen and oxygen atoms in total. The molecule has 10 heteroatoms. The number of halogens is 1. The number of carbonyl (C=O) groups is 2. The third-order valence-electron chi connectivity index (χ3n) is 3.05. The number of pyridine rings is 1. The second-order valence-corrected chi connectivity index (χ2v) is 6.72. The molecule has 2 heterocycles. The van der Waals surface area contributed by atoms with Crippen LogP contribution in [-0.4, -0.2) is 42.1 Å². The highest BCUT2D eigenvalue weighted by Crippen LogP contribution is 2.25. The van der Waals surface area contributed by atoms with Crippen LogP contribution in [0.4, 0.5) is 5.82 Å². The number of anilines is 1. The van der Waals surface area contributed by atoms with Crippen molar-refractivity contribution in [3.63, 3.8) is 0 Å². The standard InChI is InChI=1S/C11H13ClN4O4S/c1-2-8-11(18)15-9(17)5-16(8)21(19,20)6-3-7(12)10(13)14-4-6/h3-4,8H,2,5H2,1H3,(H2,13,14)(H,15,17,18). The van der Waals surface area contributed by atoms with Gasteiger partial charge in [-0.3, -0.25) is 14.9 Å². The molecule has 1 unspecified atom stereocenters. The number of aromatic nitrogens is 1. The van der Waals surface area contributed by atoms with E-state index in [2.05, 4.69) is 10.3 Å². The Morgan fingerprint density at radius 2 is 2.19 bits per heavy atom. The Labute approximate surface area is 126 Å². The van der Waals surface area contributed by atoms with Crippen LogP contribution in [0.25, 0.3) is 0 Å². The van der Waals surface area contributed by atoms with Gasteiger partial charge in [-0.15, -0.1) is 0 Å². The van der Waals surface area contributed by atoms with Crippen LogP contribution in [0.15, 0.2) is 17.2 Å². The number of amides is 2. The SMILES string of the molecule is CCC1C(=O)NC(=O)CN1S(=O)(=O)c1cnc(N)c(Cl)c1. The van der Waals surface area contributed by atoms with Crippen molar-refractivity contribution in [1.29, 1.82) is 0 Å². The summed E-state index contributed by atoms with van der Waals surface area (Å²) in [7, 11) is -4.08. The third-order valence-corrected chi connectivity index (χ3v) is 5.17. The molecule has 0 aliphatic carbocycles. The fourth-order valence-corrected chi connectivity index (χ4v) is 3.81. The van der Waals surface area contributed by atoms with E-state index in [4.69, 9.17) is 17.3 Å². The summed E-state index contributed by atoms with van der Waals surface area (Å²) in [5, 5.41) is 2.09. The summed E-state index contributed by atoms with van der Waals surface area (Å²) in [5.41, 5.74) is 5.44. The lowest BCUT2D eigenvalue weighted by atomic mass is 10.2. The fraction of sp³-hybridized carbons (Fsp3) is 0.364. The first-order valence-corrected chi connectivity index (χ1v) is 7.85. The molecule has 1 saturated heterocycles. The van der Waals surface area contributed by atoms with E-state index in [1.807, 2.05) is 0 Å². The van der Waals surface area contributed by atoms with Crippen molar-refractivity contribution < 1.29 is 18.0 Å². The topological polar surface area (TPSA) is 122 Å². The van der Waals surface area contributed by atoms with Crippen molar-refractivity contribution in [3.05, 3.63) is 17.3 Å². The van der Waals surface area contributed by atoms with Crippen LogP contribution < -0.4 is 11.1 Å². The molecule has 2 rings (SSSR count). The number of nitrogens with zero attached hydrogens (tertiary/aromatic N) is 2. The highest BCUT2D eigenvalue weighted by molar-refractivity contribution is 7.89. The maximum absolute atomic E-state index is 12.6. The van der Waals surface area contributed by atoms with Gasteiger partial charge in [-0.2, -0.15) is 4.31 Å².